The first kappa shape index (κ1) is 15.6. The summed E-state index contributed by atoms with van der Waals surface area (Å²) in [4.78, 5) is 13.5. The second-order valence-corrected chi connectivity index (χ2v) is 6.42. The van der Waals surface area contributed by atoms with Gasteiger partial charge in [0, 0.05) is 12.3 Å². The minimum atomic E-state index is -4.32. The van der Waals surface area contributed by atoms with E-state index in [2.05, 4.69) is 0 Å². The molecule has 0 bridgehead atoms. The summed E-state index contributed by atoms with van der Waals surface area (Å²) in [7, 11) is 0. The van der Waals surface area contributed by atoms with Crippen molar-refractivity contribution in [3.63, 3.8) is 0 Å². The summed E-state index contributed by atoms with van der Waals surface area (Å²) < 4.78 is 37.6. The molecule has 0 aromatic heterocycles. The Kier molecular flexibility index (Phi) is 4.90. The molecule has 0 radical (unpaired) electrons. The van der Waals surface area contributed by atoms with E-state index >= 15 is 0 Å². The molecular weight excluding hydrogens is 307 g/mol. The lowest BCUT2D eigenvalue weighted by molar-refractivity contribution is -0.137. The molecule has 0 N–H and O–H groups in total. The van der Waals surface area contributed by atoms with Crippen LogP contribution in [-0.2, 0) is 11.0 Å². The third-order valence-electron chi connectivity index (χ3n) is 3.03. The van der Waals surface area contributed by atoms with Gasteiger partial charge in [-0.15, -0.1) is 11.8 Å². The molecule has 1 unspecified atom stereocenters. The van der Waals surface area contributed by atoms with Crippen LogP contribution in [0, 0.1) is 0 Å². The smallest absolute Gasteiger partial charge is 0.325 e. The molecule has 0 saturated carbocycles. The lowest BCUT2D eigenvalue weighted by atomic mass is 10.1. The Balaban J connectivity index is 2.16. The molecule has 7 heteroatoms. The molecule has 1 atom stereocenters. The summed E-state index contributed by atoms with van der Waals surface area (Å²) in [5.41, 5.74) is 0.0844. The van der Waals surface area contributed by atoms with E-state index in [0.29, 0.717) is 12.3 Å². The molecular formula is C13H14F3NOS2. The van der Waals surface area contributed by atoms with Crippen molar-refractivity contribution in [2.45, 2.75) is 11.6 Å². The Bertz CT molecular complexity index is 475. The van der Waals surface area contributed by atoms with Gasteiger partial charge in [-0.25, -0.2) is 0 Å². The van der Waals surface area contributed by atoms with E-state index < -0.39 is 11.7 Å². The number of benzene rings is 1. The van der Waals surface area contributed by atoms with E-state index in [1.165, 1.54) is 23.9 Å². The quantitative estimate of drug-likeness (QED) is 0.844. The van der Waals surface area contributed by atoms with Crippen molar-refractivity contribution in [2.75, 3.05) is 24.3 Å². The van der Waals surface area contributed by atoms with E-state index in [4.69, 9.17) is 0 Å². The molecule has 1 aromatic rings. The first-order chi connectivity index (χ1) is 9.43. The van der Waals surface area contributed by atoms with E-state index in [-0.39, 0.29) is 11.3 Å². The zero-order valence-electron chi connectivity index (χ0n) is 10.8. The summed E-state index contributed by atoms with van der Waals surface area (Å²) in [5, 5.41) is -0.170. The summed E-state index contributed by atoms with van der Waals surface area (Å²) in [6.07, 6.45) is -2.36. The van der Waals surface area contributed by atoms with Crippen molar-refractivity contribution in [3.05, 3.63) is 35.4 Å². The predicted octanol–water partition coefficient (Wildman–Crippen LogP) is 3.64. The van der Waals surface area contributed by atoms with Crippen molar-refractivity contribution in [3.8, 4) is 0 Å². The summed E-state index contributed by atoms with van der Waals surface area (Å²) >= 11 is 3.10. The van der Waals surface area contributed by atoms with Crippen LogP contribution in [0.15, 0.2) is 24.3 Å². The molecule has 1 saturated heterocycles. The van der Waals surface area contributed by atoms with Gasteiger partial charge in [0.2, 0.25) is 5.91 Å². The SMILES string of the molecule is CSCCN1C(=O)CSC1c1ccc(C(F)(F)F)cc1. The number of hydrogen-bond donors (Lipinski definition) is 0. The Hall–Kier alpha value is -0.820. The normalized spacial score (nSPS) is 19.7. The van der Waals surface area contributed by atoms with Crippen LogP contribution in [-0.4, -0.2) is 35.1 Å². The van der Waals surface area contributed by atoms with Gasteiger partial charge in [-0.1, -0.05) is 12.1 Å². The van der Waals surface area contributed by atoms with Gasteiger partial charge in [0.05, 0.1) is 11.3 Å². The Morgan fingerprint density at radius 3 is 2.55 bits per heavy atom. The van der Waals surface area contributed by atoms with Crippen LogP contribution in [0.3, 0.4) is 0 Å². The zero-order chi connectivity index (χ0) is 14.8. The number of nitrogens with zero attached hydrogens (tertiary/aromatic N) is 1. The monoisotopic (exact) mass is 321 g/mol. The van der Waals surface area contributed by atoms with Crippen molar-refractivity contribution in [2.24, 2.45) is 0 Å². The number of amides is 1. The molecule has 1 aromatic carbocycles. The molecule has 1 amide bonds. The Labute approximate surface area is 124 Å². The van der Waals surface area contributed by atoms with Gasteiger partial charge in [0.1, 0.15) is 5.37 Å². The highest BCUT2D eigenvalue weighted by atomic mass is 32.2. The minimum absolute atomic E-state index is 0.0500. The van der Waals surface area contributed by atoms with E-state index in [1.54, 1.807) is 16.7 Å². The Morgan fingerprint density at radius 1 is 1.35 bits per heavy atom. The lowest BCUT2D eigenvalue weighted by Gasteiger charge is -2.24. The lowest BCUT2D eigenvalue weighted by Crippen LogP contribution is -2.30. The number of thioether (sulfide) groups is 2. The first-order valence-electron chi connectivity index (χ1n) is 6.00. The molecule has 1 aliphatic rings. The van der Waals surface area contributed by atoms with Gasteiger partial charge in [0.25, 0.3) is 0 Å². The zero-order valence-corrected chi connectivity index (χ0v) is 12.4. The van der Waals surface area contributed by atoms with E-state index in [0.717, 1.165) is 23.4 Å². The third-order valence-corrected chi connectivity index (χ3v) is 4.87. The van der Waals surface area contributed by atoms with Gasteiger partial charge in [-0.05, 0) is 24.0 Å². The molecule has 20 heavy (non-hydrogen) atoms. The van der Waals surface area contributed by atoms with Crippen molar-refractivity contribution in [1.29, 1.82) is 0 Å². The van der Waals surface area contributed by atoms with Crippen LogP contribution < -0.4 is 0 Å². The van der Waals surface area contributed by atoms with Crippen LogP contribution in [0.4, 0.5) is 13.2 Å². The Morgan fingerprint density at radius 2 is 2.00 bits per heavy atom. The third kappa shape index (κ3) is 3.44. The molecule has 1 aliphatic heterocycles. The van der Waals surface area contributed by atoms with Crippen molar-refractivity contribution < 1.29 is 18.0 Å². The standard InChI is InChI=1S/C13H14F3NOS2/c1-19-7-6-17-11(18)8-20-12(17)9-2-4-10(5-3-9)13(14,15)16/h2-5,12H,6-8H2,1H3. The molecule has 2 nitrogen and oxygen atoms in total. The number of halogens is 3. The second-order valence-electron chi connectivity index (χ2n) is 4.36. The molecule has 1 heterocycles. The van der Waals surface area contributed by atoms with E-state index in [1.807, 2.05) is 6.26 Å². The number of carbonyl (C=O) groups excluding carboxylic acids is 1. The van der Waals surface area contributed by atoms with Crippen LogP contribution in [0.2, 0.25) is 0 Å². The van der Waals surface area contributed by atoms with Crippen LogP contribution in [0.25, 0.3) is 0 Å². The highest BCUT2D eigenvalue weighted by Crippen LogP contribution is 2.39. The fourth-order valence-electron chi connectivity index (χ4n) is 2.00. The van der Waals surface area contributed by atoms with Gasteiger partial charge >= 0.3 is 6.18 Å². The highest BCUT2D eigenvalue weighted by molar-refractivity contribution is 8.00. The fraction of sp³-hybridized carbons (Fsp3) is 0.462. The molecule has 2 rings (SSSR count). The maximum absolute atomic E-state index is 12.5. The first-order valence-corrected chi connectivity index (χ1v) is 8.45. The maximum atomic E-state index is 12.5. The van der Waals surface area contributed by atoms with Gasteiger partial charge in [-0.3, -0.25) is 4.79 Å². The van der Waals surface area contributed by atoms with Gasteiger partial charge in [-0.2, -0.15) is 24.9 Å². The number of hydrogen-bond acceptors (Lipinski definition) is 3. The van der Waals surface area contributed by atoms with Gasteiger partial charge < -0.3 is 4.90 Å². The molecule has 0 aliphatic carbocycles. The number of rotatable bonds is 4. The van der Waals surface area contributed by atoms with Crippen LogP contribution in [0.5, 0.6) is 0 Å². The van der Waals surface area contributed by atoms with Crippen LogP contribution in [0.1, 0.15) is 16.5 Å². The van der Waals surface area contributed by atoms with Crippen molar-refractivity contribution >= 4 is 29.4 Å². The number of alkyl halides is 3. The summed E-state index contributed by atoms with van der Waals surface area (Å²) in [5.74, 6) is 1.26. The topological polar surface area (TPSA) is 20.3 Å². The second kappa shape index (κ2) is 6.30. The van der Waals surface area contributed by atoms with Gasteiger partial charge in [0.15, 0.2) is 0 Å². The largest absolute Gasteiger partial charge is 0.416 e. The molecule has 110 valence electrons. The highest BCUT2D eigenvalue weighted by Gasteiger charge is 2.34. The van der Waals surface area contributed by atoms with Crippen molar-refractivity contribution in [1.82, 2.24) is 4.90 Å². The predicted molar refractivity (Wildman–Crippen MR) is 76.7 cm³/mol. The fourth-order valence-corrected chi connectivity index (χ4v) is 3.60. The average Bonchev–Trinajstić information content (AvgIpc) is 2.77. The molecule has 1 fully saturated rings. The minimum Gasteiger partial charge on any atom is -0.325 e. The van der Waals surface area contributed by atoms with E-state index in [9.17, 15) is 18.0 Å². The summed E-state index contributed by atoms with van der Waals surface area (Å²) in [6.45, 7) is 0.624. The number of carbonyl (C=O) groups is 1. The maximum Gasteiger partial charge on any atom is 0.416 e. The molecule has 0 spiro atoms. The average molecular weight is 321 g/mol. The van der Waals surface area contributed by atoms with Crippen LogP contribution >= 0.6 is 23.5 Å². The summed E-state index contributed by atoms with van der Waals surface area (Å²) in [6, 6.07) is 5.08.